The maximum absolute atomic E-state index is 10.4. The van der Waals surface area contributed by atoms with E-state index in [9.17, 15) is 10.1 Å². The van der Waals surface area contributed by atoms with Crippen molar-refractivity contribution in [2.45, 2.75) is 0 Å². The van der Waals surface area contributed by atoms with Crippen LogP contribution in [0.1, 0.15) is 5.56 Å². The summed E-state index contributed by atoms with van der Waals surface area (Å²) < 4.78 is 0. The van der Waals surface area contributed by atoms with Crippen molar-refractivity contribution in [3.63, 3.8) is 0 Å². The molecule has 0 aromatic carbocycles. The molecule has 2 N–H and O–H groups in total. The Kier molecular flexibility index (Phi) is 2.76. The fourth-order valence-electron chi connectivity index (χ4n) is 0.880. The molecule has 0 radical (unpaired) electrons. The van der Waals surface area contributed by atoms with Crippen molar-refractivity contribution < 1.29 is 4.92 Å². The van der Waals surface area contributed by atoms with Crippen molar-refractivity contribution in [2.75, 3.05) is 5.73 Å². The molecule has 1 rings (SSSR count). The summed E-state index contributed by atoms with van der Waals surface area (Å²) >= 11 is 0. The number of nitrogen functional groups attached to an aromatic ring is 1. The SMILES string of the molecule is N#CC=Cc1cncc([N+](=O)[O-])c1N. The van der Waals surface area contributed by atoms with Gasteiger partial charge < -0.3 is 5.73 Å². The van der Waals surface area contributed by atoms with E-state index in [1.165, 1.54) is 18.3 Å². The number of hydrogen-bond acceptors (Lipinski definition) is 5. The summed E-state index contributed by atoms with van der Waals surface area (Å²) in [6.07, 6.45) is 4.97. The maximum Gasteiger partial charge on any atom is 0.310 e. The fraction of sp³-hybridized carbons (Fsp3) is 0. The van der Waals surface area contributed by atoms with Crippen LogP contribution in [0.2, 0.25) is 0 Å². The lowest BCUT2D eigenvalue weighted by Crippen LogP contribution is -1.98. The van der Waals surface area contributed by atoms with E-state index in [-0.39, 0.29) is 11.4 Å². The Hall–Kier alpha value is -2.42. The van der Waals surface area contributed by atoms with Crippen LogP contribution < -0.4 is 5.73 Å². The van der Waals surface area contributed by atoms with Gasteiger partial charge in [0, 0.05) is 17.8 Å². The third-order valence-electron chi connectivity index (χ3n) is 1.53. The largest absolute Gasteiger partial charge is 0.393 e. The molecule has 1 heterocycles. The Morgan fingerprint density at radius 1 is 1.64 bits per heavy atom. The molecule has 0 saturated heterocycles. The first-order valence-electron chi connectivity index (χ1n) is 3.61. The highest BCUT2D eigenvalue weighted by Crippen LogP contribution is 2.23. The van der Waals surface area contributed by atoms with Gasteiger partial charge in [-0.3, -0.25) is 15.1 Å². The highest BCUT2D eigenvalue weighted by Gasteiger charge is 2.13. The van der Waals surface area contributed by atoms with Gasteiger partial charge in [0.25, 0.3) is 0 Å². The number of nitro groups is 1. The van der Waals surface area contributed by atoms with Crippen molar-refractivity contribution >= 4 is 17.5 Å². The standard InChI is InChI=1S/C8H6N4O2/c9-3-1-2-6-4-11-5-7(8(6)10)12(13)14/h1-2,4-5H,(H2,10,11). The van der Waals surface area contributed by atoms with Crippen molar-refractivity contribution in [3.05, 3.63) is 34.1 Å². The lowest BCUT2D eigenvalue weighted by atomic mass is 10.2. The molecule has 14 heavy (non-hydrogen) atoms. The molecule has 0 spiro atoms. The van der Waals surface area contributed by atoms with Crippen LogP contribution in [0.5, 0.6) is 0 Å². The summed E-state index contributed by atoms with van der Waals surface area (Å²) in [5.41, 5.74) is 5.60. The molecule has 0 unspecified atom stereocenters. The number of aromatic nitrogens is 1. The molecule has 6 heteroatoms. The normalized spacial score (nSPS) is 9.93. The number of rotatable bonds is 2. The highest BCUT2D eigenvalue weighted by atomic mass is 16.6. The van der Waals surface area contributed by atoms with Crippen molar-refractivity contribution in [2.24, 2.45) is 0 Å². The third kappa shape index (κ3) is 1.84. The Morgan fingerprint density at radius 3 is 2.93 bits per heavy atom. The topological polar surface area (TPSA) is 106 Å². The minimum atomic E-state index is -0.619. The molecule has 1 aromatic heterocycles. The number of anilines is 1. The maximum atomic E-state index is 10.4. The van der Waals surface area contributed by atoms with Gasteiger partial charge in [0.2, 0.25) is 0 Å². The molecule has 70 valence electrons. The minimum absolute atomic E-state index is 0.0106. The van der Waals surface area contributed by atoms with Crippen LogP contribution in [-0.2, 0) is 0 Å². The predicted molar refractivity (Wildman–Crippen MR) is 50.0 cm³/mol. The fourth-order valence-corrected chi connectivity index (χ4v) is 0.880. The quantitative estimate of drug-likeness (QED) is 0.427. The van der Waals surface area contributed by atoms with Gasteiger partial charge in [0.15, 0.2) is 0 Å². The van der Waals surface area contributed by atoms with E-state index in [1.54, 1.807) is 6.07 Å². The lowest BCUT2D eigenvalue weighted by molar-refractivity contribution is -0.384. The van der Waals surface area contributed by atoms with Crippen molar-refractivity contribution in [3.8, 4) is 6.07 Å². The van der Waals surface area contributed by atoms with Crippen LogP contribution in [0.4, 0.5) is 11.4 Å². The van der Waals surface area contributed by atoms with E-state index in [4.69, 9.17) is 11.0 Å². The van der Waals surface area contributed by atoms with E-state index in [0.717, 1.165) is 6.20 Å². The molecule has 0 amide bonds. The summed E-state index contributed by atoms with van der Waals surface area (Å²) in [5.74, 6) is 0. The van der Waals surface area contributed by atoms with Gasteiger partial charge >= 0.3 is 5.69 Å². The van der Waals surface area contributed by atoms with Crippen molar-refractivity contribution in [1.82, 2.24) is 4.98 Å². The molecule has 0 bridgehead atoms. The van der Waals surface area contributed by atoms with Crippen LogP contribution in [0, 0.1) is 21.4 Å². The first kappa shape index (κ1) is 9.67. The van der Waals surface area contributed by atoms with Crippen molar-refractivity contribution in [1.29, 1.82) is 5.26 Å². The summed E-state index contributed by atoms with van der Waals surface area (Å²) in [6, 6.07) is 1.76. The zero-order valence-electron chi connectivity index (χ0n) is 7.04. The third-order valence-corrected chi connectivity index (χ3v) is 1.53. The zero-order chi connectivity index (χ0) is 10.6. The molecule has 1 aromatic rings. The van der Waals surface area contributed by atoms with Crippen LogP contribution >= 0.6 is 0 Å². The van der Waals surface area contributed by atoms with Crippen LogP contribution in [0.25, 0.3) is 6.08 Å². The Labute approximate surface area is 79.4 Å². The second-order valence-electron chi connectivity index (χ2n) is 2.38. The summed E-state index contributed by atoms with van der Waals surface area (Å²) in [6.45, 7) is 0. The molecule has 0 saturated carbocycles. The van der Waals surface area contributed by atoms with Gasteiger partial charge in [-0.05, 0) is 6.08 Å². The molecular formula is C8H6N4O2. The van der Waals surface area contributed by atoms with Crippen LogP contribution in [0.15, 0.2) is 18.5 Å². The minimum Gasteiger partial charge on any atom is -0.393 e. The Morgan fingerprint density at radius 2 is 2.36 bits per heavy atom. The van der Waals surface area contributed by atoms with E-state index in [2.05, 4.69) is 4.98 Å². The van der Waals surface area contributed by atoms with Gasteiger partial charge in [-0.25, -0.2) is 0 Å². The number of allylic oxidation sites excluding steroid dienone is 1. The summed E-state index contributed by atoms with van der Waals surface area (Å²) in [5, 5.41) is 18.7. The Balaban J connectivity index is 3.22. The number of pyridine rings is 1. The first-order chi connectivity index (χ1) is 6.66. The number of nitrogens with two attached hydrogens (primary N) is 1. The van der Waals surface area contributed by atoms with Gasteiger partial charge in [-0.2, -0.15) is 5.26 Å². The molecule has 0 aliphatic carbocycles. The first-order valence-corrected chi connectivity index (χ1v) is 3.61. The lowest BCUT2D eigenvalue weighted by Gasteiger charge is -1.99. The smallest absolute Gasteiger partial charge is 0.310 e. The number of nitriles is 1. The van der Waals surface area contributed by atoms with Crippen LogP contribution in [0.3, 0.4) is 0 Å². The number of nitrogens with zero attached hydrogens (tertiary/aromatic N) is 3. The zero-order valence-corrected chi connectivity index (χ0v) is 7.04. The number of hydrogen-bond donors (Lipinski definition) is 1. The molecule has 0 aliphatic heterocycles. The molecule has 0 atom stereocenters. The molecule has 0 aliphatic rings. The van der Waals surface area contributed by atoms with E-state index in [0.29, 0.717) is 5.56 Å². The van der Waals surface area contributed by atoms with E-state index < -0.39 is 4.92 Å². The molecule has 0 fully saturated rings. The van der Waals surface area contributed by atoms with Gasteiger partial charge in [0.05, 0.1) is 11.0 Å². The summed E-state index contributed by atoms with van der Waals surface area (Å²) in [7, 11) is 0. The predicted octanol–water partition coefficient (Wildman–Crippen LogP) is 1.11. The van der Waals surface area contributed by atoms with Crippen LogP contribution in [-0.4, -0.2) is 9.91 Å². The average Bonchev–Trinajstić information content (AvgIpc) is 2.16. The average molecular weight is 190 g/mol. The highest BCUT2D eigenvalue weighted by molar-refractivity contribution is 5.72. The second kappa shape index (κ2) is 4.00. The Bertz CT molecular complexity index is 433. The van der Waals surface area contributed by atoms with E-state index in [1.807, 2.05) is 0 Å². The monoisotopic (exact) mass is 190 g/mol. The summed E-state index contributed by atoms with van der Waals surface area (Å²) in [4.78, 5) is 13.5. The van der Waals surface area contributed by atoms with Gasteiger partial charge in [0.1, 0.15) is 11.9 Å². The second-order valence-corrected chi connectivity index (χ2v) is 2.38. The van der Waals surface area contributed by atoms with E-state index >= 15 is 0 Å². The molecular weight excluding hydrogens is 184 g/mol. The van der Waals surface area contributed by atoms with Gasteiger partial charge in [-0.15, -0.1) is 0 Å². The molecule has 6 nitrogen and oxygen atoms in total. The van der Waals surface area contributed by atoms with Gasteiger partial charge in [-0.1, -0.05) is 0 Å².